The van der Waals surface area contributed by atoms with E-state index in [-0.39, 0.29) is 23.7 Å². The summed E-state index contributed by atoms with van der Waals surface area (Å²) in [5, 5.41) is 13.7. The van der Waals surface area contributed by atoms with Crippen molar-refractivity contribution in [1.29, 1.82) is 0 Å². The molecule has 0 saturated carbocycles. The third-order valence-corrected chi connectivity index (χ3v) is 6.56. The minimum absolute atomic E-state index is 0.197. The van der Waals surface area contributed by atoms with Gasteiger partial charge in [0.2, 0.25) is 0 Å². The molecule has 214 valence electrons. The number of Topliss-reactive ketones (excluding diaryl/α,β-unsaturated/α-hetero) is 2. The Kier molecular flexibility index (Phi) is 15.7. The number of thiocarbonyl (C=S) groups is 2. The van der Waals surface area contributed by atoms with Crippen LogP contribution in [0.25, 0.3) is 0 Å². The average molecular weight is 563 g/mol. The van der Waals surface area contributed by atoms with Crippen LogP contribution < -0.4 is 21.3 Å². The molecule has 0 radical (unpaired) electrons. The zero-order chi connectivity index (χ0) is 28.8. The molecule has 4 N–H and O–H groups in total. The summed E-state index contributed by atoms with van der Waals surface area (Å²) in [6.07, 6.45) is 4.30. The molecule has 1 aromatic carbocycles. The molecule has 0 saturated heterocycles. The fourth-order valence-corrected chi connectivity index (χ4v) is 4.54. The minimum Gasteiger partial charge on any atom is -0.353 e. The number of hydrogen-bond acceptors (Lipinski definition) is 4. The second-order valence-electron chi connectivity index (χ2n) is 11.9. The molecule has 0 aliphatic heterocycles. The highest BCUT2D eigenvalue weighted by Gasteiger charge is 2.22. The van der Waals surface area contributed by atoms with Gasteiger partial charge in [-0.3, -0.25) is 9.59 Å². The molecule has 0 bridgehead atoms. The lowest BCUT2D eigenvalue weighted by atomic mass is 9.95. The summed E-state index contributed by atoms with van der Waals surface area (Å²) < 4.78 is 0. The van der Waals surface area contributed by atoms with Gasteiger partial charge < -0.3 is 21.3 Å². The van der Waals surface area contributed by atoms with Gasteiger partial charge in [-0.05, 0) is 92.0 Å². The van der Waals surface area contributed by atoms with Gasteiger partial charge in [0, 0.05) is 24.2 Å². The number of nitrogens with one attached hydrogen (secondary N) is 4. The lowest BCUT2D eigenvalue weighted by molar-refractivity contribution is -0.122. The van der Waals surface area contributed by atoms with Crippen LogP contribution in [0, 0.1) is 23.7 Å². The molecule has 0 unspecified atom stereocenters. The molecule has 38 heavy (non-hydrogen) atoms. The summed E-state index contributed by atoms with van der Waals surface area (Å²) in [6.45, 7) is 16.9. The monoisotopic (exact) mass is 562 g/mol. The molecule has 0 aliphatic carbocycles. The molecule has 0 heterocycles. The number of anilines is 2. The maximum absolute atomic E-state index is 12.8. The number of benzene rings is 1. The number of hydrogen-bond donors (Lipinski definition) is 4. The fourth-order valence-electron chi connectivity index (χ4n) is 4.02. The van der Waals surface area contributed by atoms with Crippen LogP contribution in [0.5, 0.6) is 0 Å². The zero-order valence-electron chi connectivity index (χ0n) is 24.6. The predicted octanol–water partition coefficient (Wildman–Crippen LogP) is 7.10. The van der Waals surface area contributed by atoms with Gasteiger partial charge in [0.05, 0.1) is 12.1 Å². The first-order valence-electron chi connectivity index (χ1n) is 14.1. The zero-order valence-corrected chi connectivity index (χ0v) is 26.3. The Morgan fingerprint density at radius 2 is 1.03 bits per heavy atom. The van der Waals surface area contributed by atoms with Crippen molar-refractivity contribution in [1.82, 2.24) is 10.6 Å². The van der Waals surface area contributed by atoms with Gasteiger partial charge in [-0.1, -0.05) is 61.5 Å². The normalized spacial score (nSPS) is 12.9. The first-order chi connectivity index (χ1) is 17.8. The molecule has 0 aromatic heterocycles. The summed E-state index contributed by atoms with van der Waals surface area (Å²) in [4.78, 5) is 25.6. The minimum atomic E-state index is -0.307. The van der Waals surface area contributed by atoms with E-state index < -0.39 is 0 Å². The highest BCUT2D eigenvalue weighted by Crippen LogP contribution is 2.17. The van der Waals surface area contributed by atoms with Crippen molar-refractivity contribution in [2.24, 2.45) is 23.7 Å². The van der Waals surface area contributed by atoms with E-state index in [2.05, 4.69) is 76.7 Å². The number of carbonyl (C=O) groups excluding carboxylic acids is 2. The van der Waals surface area contributed by atoms with Crippen molar-refractivity contribution in [2.45, 2.75) is 106 Å². The van der Waals surface area contributed by atoms with Gasteiger partial charge in [-0.2, -0.15) is 0 Å². The number of carbonyl (C=O) groups is 2. The Morgan fingerprint density at radius 3 is 1.34 bits per heavy atom. The van der Waals surface area contributed by atoms with Gasteiger partial charge in [0.1, 0.15) is 0 Å². The fraction of sp³-hybridized carbons (Fsp3) is 0.667. The van der Waals surface area contributed by atoms with E-state index >= 15 is 0 Å². The van der Waals surface area contributed by atoms with Crippen molar-refractivity contribution >= 4 is 57.6 Å². The summed E-state index contributed by atoms with van der Waals surface area (Å²) >= 11 is 11.1. The lowest BCUT2D eigenvalue weighted by Gasteiger charge is -2.23. The smallest absolute Gasteiger partial charge is 0.171 e. The second-order valence-corrected chi connectivity index (χ2v) is 12.8. The van der Waals surface area contributed by atoms with E-state index in [9.17, 15) is 9.59 Å². The van der Waals surface area contributed by atoms with Crippen LogP contribution in [-0.2, 0) is 9.59 Å². The predicted molar refractivity (Wildman–Crippen MR) is 170 cm³/mol. The van der Waals surface area contributed by atoms with Gasteiger partial charge in [-0.15, -0.1) is 0 Å². The van der Waals surface area contributed by atoms with Crippen molar-refractivity contribution < 1.29 is 9.59 Å². The van der Waals surface area contributed by atoms with E-state index in [1.165, 1.54) is 0 Å². The summed E-state index contributed by atoms with van der Waals surface area (Å²) in [5.74, 6) is 2.11. The van der Waals surface area contributed by atoms with Crippen LogP contribution in [0.2, 0.25) is 0 Å². The average Bonchev–Trinajstić information content (AvgIpc) is 2.79. The maximum atomic E-state index is 12.8. The van der Waals surface area contributed by atoms with Gasteiger partial charge in [0.15, 0.2) is 21.8 Å². The van der Waals surface area contributed by atoms with Crippen LogP contribution >= 0.6 is 24.4 Å². The molecule has 1 rings (SSSR count). The number of rotatable bonds is 16. The van der Waals surface area contributed by atoms with Crippen LogP contribution in [-0.4, -0.2) is 33.9 Å². The van der Waals surface area contributed by atoms with Crippen molar-refractivity contribution in [3.8, 4) is 0 Å². The lowest BCUT2D eigenvalue weighted by Crippen LogP contribution is -2.44. The summed E-state index contributed by atoms with van der Waals surface area (Å²) in [7, 11) is 0. The van der Waals surface area contributed by atoms with E-state index in [1.54, 1.807) is 0 Å². The quantitative estimate of drug-likeness (QED) is 0.159. The summed E-state index contributed by atoms with van der Waals surface area (Å²) in [5.41, 5.74) is 1.56. The Hall–Kier alpha value is -2.06. The standard InChI is InChI=1S/C30H50N4O2S2/c1-19(2)12-14-27(35)25(16-21(5)6)33-29(37)31-23-10-9-11-24(18-23)32-30(38)34-26(17-22(7)8)28(36)15-13-20(3)4/h9-11,18-22,25-26H,12-17H2,1-8H3,(H2,31,33,37)(H2,32,34,38)/t25-,26-/m0/s1. The van der Waals surface area contributed by atoms with Gasteiger partial charge in [0.25, 0.3) is 0 Å². The molecule has 0 aliphatic rings. The highest BCUT2D eigenvalue weighted by atomic mass is 32.1. The Morgan fingerprint density at radius 1 is 0.658 bits per heavy atom. The molecule has 0 amide bonds. The maximum Gasteiger partial charge on any atom is 0.171 e. The Labute approximate surface area is 241 Å². The van der Waals surface area contributed by atoms with Gasteiger partial charge >= 0.3 is 0 Å². The van der Waals surface area contributed by atoms with E-state index in [4.69, 9.17) is 24.4 Å². The number of ketones is 2. The first-order valence-corrected chi connectivity index (χ1v) is 14.9. The molecular weight excluding hydrogens is 512 g/mol. The summed E-state index contributed by atoms with van der Waals surface area (Å²) in [6, 6.07) is 7.00. The van der Waals surface area contributed by atoms with Crippen LogP contribution in [0.3, 0.4) is 0 Å². The Bertz CT molecular complexity index is 846. The SMILES string of the molecule is CC(C)CCC(=O)[C@H](CC(C)C)NC(=S)Nc1cccc(NC(=S)N[C@@H](CC(C)C)C(=O)CCC(C)C)c1. The molecule has 6 nitrogen and oxygen atoms in total. The molecule has 0 fully saturated rings. The van der Waals surface area contributed by atoms with Gasteiger partial charge in [-0.25, -0.2) is 0 Å². The Balaban J connectivity index is 2.79. The third kappa shape index (κ3) is 14.8. The van der Waals surface area contributed by atoms with Crippen molar-refractivity contribution in [3.05, 3.63) is 24.3 Å². The van der Waals surface area contributed by atoms with E-state index in [0.717, 1.165) is 37.1 Å². The van der Waals surface area contributed by atoms with Crippen LogP contribution in [0.1, 0.15) is 93.9 Å². The van der Waals surface area contributed by atoms with Crippen molar-refractivity contribution in [2.75, 3.05) is 10.6 Å². The van der Waals surface area contributed by atoms with E-state index in [0.29, 0.717) is 46.7 Å². The van der Waals surface area contributed by atoms with E-state index in [1.807, 2.05) is 24.3 Å². The molecule has 2 atom stereocenters. The molecule has 0 spiro atoms. The largest absolute Gasteiger partial charge is 0.353 e. The molecule has 8 heteroatoms. The third-order valence-electron chi connectivity index (χ3n) is 6.12. The van der Waals surface area contributed by atoms with Crippen LogP contribution in [0.4, 0.5) is 11.4 Å². The van der Waals surface area contributed by atoms with Crippen molar-refractivity contribution in [3.63, 3.8) is 0 Å². The topological polar surface area (TPSA) is 82.3 Å². The highest BCUT2D eigenvalue weighted by molar-refractivity contribution is 7.80. The second kappa shape index (κ2) is 17.5. The first kappa shape index (κ1) is 34.0. The molecule has 1 aromatic rings. The molecular formula is C30H50N4O2S2. The van der Waals surface area contributed by atoms with Crippen LogP contribution in [0.15, 0.2) is 24.3 Å².